The molecule has 2 N–H and O–H groups in total. The van der Waals surface area contributed by atoms with E-state index in [0.29, 0.717) is 5.56 Å². The highest BCUT2D eigenvalue weighted by molar-refractivity contribution is 9.10. The van der Waals surface area contributed by atoms with Gasteiger partial charge in [-0.05, 0) is 36.6 Å². The molecule has 3 heteroatoms. The van der Waals surface area contributed by atoms with Gasteiger partial charge >= 0.3 is 0 Å². The molecule has 0 fully saturated rings. The molecule has 2 rings (SSSR count). The fraction of sp³-hybridized carbons (Fsp3) is 0.333. The number of hydrogen-bond donors (Lipinski definition) is 1. The van der Waals surface area contributed by atoms with Gasteiger partial charge in [0.05, 0.1) is 0 Å². The minimum absolute atomic E-state index is 0.243. The molecule has 0 bridgehead atoms. The van der Waals surface area contributed by atoms with E-state index in [2.05, 4.69) is 41.9 Å². The minimum Gasteiger partial charge on any atom is -0.323 e. The lowest BCUT2D eigenvalue weighted by Gasteiger charge is -2.38. The van der Waals surface area contributed by atoms with Gasteiger partial charge in [-0.2, -0.15) is 0 Å². The smallest absolute Gasteiger partial charge is 0.128 e. The quantitative estimate of drug-likeness (QED) is 0.773. The zero-order valence-corrected chi connectivity index (χ0v) is 14.0. The Morgan fingerprint density at radius 1 is 1.10 bits per heavy atom. The maximum absolute atomic E-state index is 14.2. The maximum atomic E-state index is 14.2. The highest BCUT2D eigenvalue weighted by Gasteiger charge is 2.37. The molecule has 1 nitrogen and oxygen atoms in total. The highest BCUT2D eigenvalue weighted by Crippen LogP contribution is 2.42. The van der Waals surface area contributed by atoms with Gasteiger partial charge in [0.15, 0.2) is 0 Å². The van der Waals surface area contributed by atoms with Gasteiger partial charge in [-0.1, -0.05) is 60.1 Å². The number of benzene rings is 2. The Labute approximate surface area is 134 Å². The van der Waals surface area contributed by atoms with E-state index in [4.69, 9.17) is 5.73 Å². The first kappa shape index (κ1) is 16.2. The number of nitrogens with two attached hydrogens (primary N) is 1. The van der Waals surface area contributed by atoms with Crippen LogP contribution in [-0.4, -0.2) is 0 Å². The fourth-order valence-corrected chi connectivity index (χ4v) is 3.48. The van der Waals surface area contributed by atoms with Gasteiger partial charge in [-0.15, -0.1) is 0 Å². The second-order valence-corrected chi connectivity index (χ2v) is 6.29. The first-order valence-electron chi connectivity index (χ1n) is 7.31. The summed E-state index contributed by atoms with van der Waals surface area (Å²) >= 11 is 3.41. The first-order chi connectivity index (χ1) is 10.0. The molecule has 0 saturated carbocycles. The van der Waals surface area contributed by atoms with Gasteiger partial charge in [0.25, 0.3) is 0 Å². The SMILES string of the molecule is CCC(CC)(c1ccccc1)C(N)c1cc(Br)ccc1F. The van der Waals surface area contributed by atoms with Crippen LogP contribution in [0.25, 0.3) is 0 Å². The average Bonchev–Trinajstić information content (AvgIpc) is 2.52. The van der Waals surface area contributed by atoms with E-state index < -0.39 is 0 Å². The van der Waals surface area contributed by atoms with Crippen LogP contribution < -0.4 is 5.73 Å². The van der Waals surface area contributed by atoms with Crippen molar-refractivity contribution in [1.29, 1.82) is 0 Å². The van der Waals surface area contributed by atoms with Gasteiger partial charge in [-0.25, -0.2) is 4.39 Å². The molecule has 0 aliphatic carbocycles. The summed E-state index contributed by atoms with van der Waals surface area (Å²) in [5.74, 6) is -0.243. The molecule has 112 valence electrons. The van der Waals surface area contributed by atoms with Crippen LogP contribution >= 0.6 is 15.9 Å². The van der Waals surface area contributed by atoms with E-state index in [1.54, 1.807) is 12.1 Å². The standard InChI is InChI=1S/C18H21BrFN/c1-3-18(4-2,13-8-6-5-7-9-13)17(21)15-12-14(19)10-11-16(15)20/h5-12,17H,3-4,21H2,1-2H3. The highest BCUT2D eigenvalue weighted by atomic mass is 79.9. The number of hydrogen-bond acceptors (Lipinski definition) is 1. The summed E-state index contributed by atoms with van der Waals surface area (Å²) in [6.45, 7) is 4.23. The lowest BCUT2D eigenvalue weighted by molar-refractivity contribution is 0.315. The Morgan fingerprint density at radius 3 is 2.29 bits per heavy atom. The molecule has 1 unspecified atom stereocenters. The molecule has 2 aromatic carbocycles. The van der Waals surface area contributed by atoms with Crippen molar-refractivity contribution in [2.24, 2.45) is 5.73 Å². The zero-order valence-electron chi connectivity index (χ0n) is 12.4. The van der Waals surface area contributed by atoms with E-state index in [0.717, 1.165) is 17.3 Å². The van der Waals surface area contributed by atoms with Crippen LogP contribution in [0.15, 0.2) is 53.0 Å². The predicted molar refractivity (Wildman–Crippen MR) is 89.7 cm³/mol. The largest absolute Gasteiger partial charge is 0.323 e. The summed E-state index contributed by atoms with van der Waals surface area (Å²) in [5, 5.41) is 0. The molecule has 1 atom stereocenters. The lowest BCUT2D eigenvalue weighted by atomic mass is 9.68. The van der Waals surface area contributed by atoms with Crippen molar-refractivity contribution < 1.29 is 4.39 Å². The van der Waals surface area contributed by atoms with Gasteiger partial charge in [0.2, 0.25) is 0 Å². The summed E-state index contributed by atoms with van der Waals surface area (Å²) in [6, 6.07) is 14.8. The van der Waals surface area contributed by atoms with Crippen molar-refractivity contribution >= 4 is 15.9 Å². The normalized spacial score (nSPS) is 13.2. The number of rotatable bonds is 5. The molecule has 0 aliphatic rings. The van der Waals surface area contributed by atoms with Crippen LogP contribution in [0.4, 0.5) is 4.39 Å². The zero-order chi connectivity index (χ0) is 15.5. The predicted octanol–water partition coefficient (Wildman–Crippen LogP) is 5.35. The lowest BCUT2D eigenvalue weighted by Crippen LogP contribution is -2.38. The van der Waals surface area contributed by atoms with Crippen LogP contribution in [0, 0.1) is 5.82 Å². The van der Waals surface area contributed by atoms with Crippen molar-refractivity contribution in [2.45, 2.75) is 38.1 Å². The van der Waals surface area contributed by atoms with Crippen molar-refractivity contribution in [1.82, 2.24) is 0 Å². The molecule has 0 heterocycles. The van der Waals surface area contributed by atoms with Crippen LogP contribution in [0.5, 0.6) is 0 Å². The second kappa shape index (κ2) is 6.71. The Morgan fingerprint density at radius 2 is 1.71 bits per heavy atom. The van der Waals surface area contributed by atoms with Crippen LogP contribution in [0.3, 0.4) is 0 Å². The number of halogens is 2. The Kier molecular flexibility index (Phi) is 5.17. The van der Waals surface area contributed by atoms with E-state index in [-0.39, 0.29) is 17.3 Å². The van der Waals surface area contributed by atoms with Crippen LogP contribution in [-0.2, 0) is 5.41 Å². The van der Waals surface area contributed by atoms with Gasteiger partial charge in [0.1, 0.15) is 5.82 Å². The third kappa shape index (κ3) is 3.04. The minimum atomic E-state index is -0.382. The summed E-state index contributed by atoms with van der Waals surface area (Å²) in [5.41, 5.74) is 8.01. The van der Waals surface area contributed by atoms with Gasteiger partial charge in [-0.3, -0.25) is 0 Å². The Hall–Kier alpha value is -1.19. The van der Waals surface area contributed by atoms with Crippen LogP contribution in [0.1, 0.15) is 43.9 Å². The molecule has 0 spiro atoms. The van der Waals surface area contributed by atoms with Gasteiger partial charge in [0, 0.05) is 21.5 Å². The first-order valence-corrected chi connectivity index (χ1v) is 8.10. The molecule has 0 amide bonds. The molecule has 0 aromatic heterocycles. The molecule has 0 radical (unpaired) electrons. The summed E-state index contributed by atoms with van der Waals surface area (Å²) < 4.78 is 15.1. The van der Waals surface area contributed by atoms with Crippen molar-refractivity contribution in [3.63, 3.8) is 0 Å². The van der Waals surface area contributed by atoms with E-state index in [1.165, 1.54) is 11.6 Å². The van der Waals surface area contributed by atoms with Crippen LogP contribution in [0.2, 0.25) is 0 Å². The molecular weight excluding hydrogens is 329 g/mol. The second-order valence-electron chi connectivity index (χ2n) is 5.37. The Balaban J connectivity index is 2.54. The Bertz CT molecular complexity index is 593. The summed E-state index contributed by atoms with van der Waals surface area (Å²) in [4.78, 5) is 0. The molecule has 2 aromatic rings. The van der Waals surface area contributed by atoms with Gasteiger partial charge < -0.3 is 5.73 Å². The molecule has 0 saturated heterocycles. The third-order valence-electron chi connectivity index (χ3n) is 4.50. The van der Waals surface area contributed by atoms with E-state index >= 15 is 0 Å². The summed E-state index contributed by atoms with van der Waals surface area (Å²) in [7, 11) is 0. The fourth-order valence-electron chi connectivity index (χ4n) is 3.10. The van der Waals surface area contributed by atoms with E-state index in [9.17, 15) is 4.39 Å². The van der Waals surface area contributed by atoms with Crippen molar-refractivity contribution in [3.8, 4) is 0 Å². The monoisotopic (exact) mass is 349 g/mol. The maximum Gasteiger partial charge on any atom is 0.128 e. The molecule has 21 heavy (non-hydrogen) atoms. The average molecular weight is 350 g/mol. The third-order valence-corrected chi connectivity index (χ3v) is 4.99. The molecule has 0 aliphatic heterocycles. The van der Waals surface area contributed by atoms with Crippen molar-refractivity contribution in [2.75, 3.05) is 0 Å². The topological polar surface area (TPSA) is 26.0 Å². The van der Waals surface area contributed by atoms with Crippen molar-refractivity contribution in [3.05, 3.63) is 69.9 Å². The van der Waals surface area contributed by atoms with E-state index in [1.807, 2.05) is 18.2 Å². The summed E-state index contributed by atoms with van der Waals surface area (Å²) in [6.07, 6.45) is 1.72. The molecular formula is C18H21BrFN.